The number of ether oxygens (including phenoxy) is 1. The molecule has 3 aromatic rings. The molecule has 0 unspecified atom stereocenters. The Bertz CT molecular complexity index is 767. The van der Waals surface area contributed by atoms with E-state index >= 15 is 0 Å². The fourth-order valence-electron chi connectivity index (χ4n) is 2.11. The number of rotatable bonds is 6. The molecule has 0 saturated carbocycles. The van der Waals surface area contributed by atoms with Gasteiger partial charge in [0.2, 0.25) is 5.91 Å². The summed E-state index contributed by atoms with van der Waals surface area (Å²) in [5, 5.41) is 3.47. The maximum atomic E-state index is 11.9. The van der Waals surface area contributed by atoms with E-state index in [0.29, 0.717) is 11.6 Å². The predicted octanol–water partition coefficient (Wildman–Crippen LogP) is 2.92. The van der Waals surface area contributed by atoms with E-state index in [9.17, 15) is 4.79 Å². The van der Waals surface area contributed by atoms with Gasteiger partial charge in [0.05, 0.1) is 23.7 Å². The number of hydrogen-bond acceptors (Lipinski definition) is 5. The van der Waals surface area contributed by atoms with Gasteiger partial charge in [0.25, 0.3) is 0 Å². The van der Waals surface area contributed by atoms with Crippen molar-refractivity contribution in [1.82, 2.24) is 14.5 Å². The Hall–Kier alpha value is -2.41. The Kier molecular flexibility index (Phi) is 4.34. The predicted molar refractivity (Wildman–Crippen MR) is 86.3 cm³/mol. The summed E-state index contributed by atoms with van der Waals surface area (Å²) in [5.41, 5.74) is 0.832. The average molecular weight is 316 g/mol. The maximum absolute atomic E-state index is 11.9. The largest absolute Gasteiger partial charge is 0.497 e. The highest BCUT2D eigenvalue weighted by molar-refractivity contribution is 7.22. The van der Waals surface area contributed by atoms with Crippen LogP contribution in [0.1, 0.15) is 12.8 Å². The molecule has 1 N–H and O–H groups in total. The molecular formula is C15H16N4O2S. The lowest BCUT2D eigenvalue weighted by molar-refractivity contribution is -0.116. The van der Waals surface area contributed by atoms with E-state index in [2.05, 4.69) is 15.3 Å². The molecule has 1 aromatic carbocycles. The Morgan fingerprint density at radius 2 is 2.36 bits per heavy atom. The summed E-state index contributed by atoms with van der Waals surface area (Å²) < 4.78 is 8.15. The van der Waals surface area contributed by atoms with Crippen molar-refractivity contribution in [2.45, 2.75) is 19.4 Å². The molecule has 1 amide bonds. The molecule has 2 heterocycles. The van der Waals surface area contributed by atoms with Crippen LogP contribution in [0.5, 0.6) is 5.75 Å². The smallest absolute Gasteiger partial charge is 0.226 e. The van der Waals surface area contributed by atoms with Crippen LogP contribution >= 0.6 is 11.3 Å². The first-order valence-electron chi connectivity index (χ1n) is 6.95. The number of benzene rings is 1. The normalized spacial score (nSPS) is 10.8. The summed E-state index contributed by atoms with van der Waals surface area (Å²) >= 11 is 1.46. The van der Waals surface area contributed by atoms with Crippen LogP contribution in [0.15, 0.2) is 36.9 Å². The number of nitrogens with zero attached hydrogens (tertiary/aromatic N) is 3. The molecule has 0 bridgehead atoms. The number of nitrogens with one attached hydrogen (secondary N) is 1. The first-order valence-corrected chi connectivity index (χ1v) is 7.76. The van der Waals surface area contributed by atoms with Gasteiger partial charge in [-0.05, 0) is 18.6 Å². The van der Waals surface area contributed by atoms with Crippen molar-refractivity contribution in [1.29, 1.82) is 0 Å². The van der Waals surface area contributed by atoms with Crippen LogP contribution in [0, 0.1) is 0 Å². The summed E-state index contributed by atoms with van der Waals surface area (Å²) in [5.74, 6) is 0.738. The molecule has 0 aliphatic heterocycles. The number of carbonyl (C=O) groups is 1. The SMILES string of the molecule is COc1ccc2sc(NC(=O)CCCn3ccnc3)nc2c1. The second kappa shape index (κ2) is 6.57. The monoisotopic (exact) mass is 316 g/mol. The van der Waals surface area contributed by atoms with Gasteiger partial charge in [0.15, 0.2) is 5.13 Å². The van der Waals surface area contributed by atoms with Crippen LogP contribution in [0.3, 0.4) is 0 Å². The van der Waals surface area contributed by atoms with E-state index in [1.807, 2.05) is 29.0 Å². The molecule has 0 fully saturated rings. The number of methoxy groups -OCH3 is 1. The number of amides is 1. The molecule has 3 rings (SSSR count). The highest BCUT2D eigenvalue weighted by Crippen LogP contribution is 2.28. The lowest BCUT2D eigenvalue weighted by Crippen LogP contribution is -2.11. The van der Waals surface area contributed by atoms with Crippen LogP contribution in [0.4, 0.5) is 5.13 Å². The molecule has 7 heteroatoms. The minimum Gasteiger partial charge on any atom is -0.497 e. The van der Waals surface area contributed by atoms with Crippen LogP contribution in [-0.4, -0.2) is 27.6 Å². The number of imidazole rings is 1. The van der Waals surface area contributed by atoms with E-state index in [1.165, 1.54) is 11.3 Å². The molecule has 0 atom stereocenters. The van der Waals surface area contributed by atoms with Gasteiger partial charge in [-0.25, -0.2) is 9.97 Å². The minimum atomic E-state index is -0.0221. The van der Waals surface area contributed by atoms with Crippen LogP contribution in [0.25, 0.3) is 10.2 Å². The minimum absolute atomic E-state index is 0.0221. The Balaban J connectivity index is 1.56. The van der Waals surface area contributed by atoms with E-state index in [4.69, 9.17) is 4.74 Å². The number of thiazole rings is 1. The van der Waals surface area contributed by atoms with Crippen LogP contribution in [-0.2, 0) is 11.3 Å². The van der Waals surface area contributed by atoms with E-state index < -0.39 is 0 Å². The van der Waals surface area contributed by atoms with Crippen LogP contribution in [0.2, 0.25) is 0 Å². The molecule has 0 aliphatic carbocycles. The number of anilines is 1. The number of fused-ring (bicyclic) bond motifs is 1. The second-order valence-electron chi connectivity index (χ2n) is 4.80. The number of hydrogen-bond donors (Lipinski definition) is 1. The zero-order chi connectivity index (χ0) is 15.4. The molecule has 114 valence electrons. The molecule has 0 radical (unpaired) electrons. The highest BCUT2D eigenvalue weighted by Gasteiger charge is 2.08. The fourth-order valence-corrected chi connectivity index (χ4v) is 2.97. The highest BCUT2D eigenvalue weighted by atomic mass is 32.1. The summed E-state index contributed by atoms with van der Waals surface area (Å²) in [6.07, 6.45) is 6.59. The lowest BCUT2D eigenvalue weighted by Gasteiger charge is -2.02. The van der Waals surface area contributed by atoms with Crippen molar-refractivity contribution in [3.05, 3.63) is 36.9 Å². The van der Waals surface area contributed by atoms with Crippen LogP contribution < -0.4 is 10.1 Å². The number of aromatic nitrogens is 3. The van der Waals surface area contributed by atoms with Crippen molar-refractivity contribution in [2.75, 3.05) is 12.4 Å². The quantitative estimate of drug-likeness (QED) is 0.759. The zero-order valence-corrected chi connectivity index (χ0v) is 13.0. The van der Waals surface area contributed by atoms with E-state index in [0.717, 1.165) is 28.9 Å². The summed E-state index contributed by atoms with van der Waals surface area (Å²) in [4.78, 5) is 20.3. The topological polar surface area (TPSA) is 69.0 Å². The molecule has 0 spiro atoms. The first kappa shape index (κ1) is 14.5. The third-order valence-electron chi connectivity index (χ3n) is 3.22. The molecule has 2 aromatic heterocycles. The Morgan fingerprint density at radius 1 is 1.45 bits per heavy atom. The molecule has 0 aliphatic rings. The first-order chi connectivity index (χ1) is 10.7. The lowest BCUT2D eigenvalue weighted by atomic mass is 10.3. The van der Waals surface area contributed by atoms with E-state index in [-0.39, 0.29) is 5.91 Å². The molecule has 22 heavy (non-hydrogen) atoms. The van der Waals surface area contributed by atoms with Gasteiger partial charge in [-0.2, -0.15) is 0 Å². The van der Waals surface area contributed by atoms with Gasteiger partial charge in [0, 0.05) is 31.4 Å². The molecule has 6 nitrogen and oxygen atoms in total. The third-order valence-corrected chi connectivity index (χ3v) is 4.17. The van der Waals surface area contributed by atoms with Gasteiger partial charge < -0.3 is 14.6 Å². The van der Waals surface area contributed by atoms with Crippen molar-refractivity contribution in [3.63, 3.8) is 0 Å². The zero-order valence-electron chi connectivity index (χ0n) is 12.2. The number of carbonyl (C=O) groups excluding carboxylic acids is 1. The van der Waals surface area contributed by atoms with Crippen molar-refractivity contribution in [2.24, 2.45) is 0 Å². The van der Waals surface area contributed by atoms with Gasteiger partial charge in [-0.3, -0.25) is 4.79 Å². The average Bonchev–Trinajstić information content (AvgIpc) is 3.15. The fraction of sp³-hybridized carbons (Fsp3) is 0.267. The van der Waals surface area contributed by atoms with Crippen molar-refractivity contribution >= 4 is 32.6 Å². The van der Waals surface area contributed by atoms with Gasteiger partial charge >= 0.3 is 0 Å². The van der Waals surface area contributed by atoms with Gasteiger partial charge in [-0.15, -0.1) is 0 Å². The summed E-state index contributed by atoms with van der Waals surface area (Å²) in [6.45, 7) is 0.782. The summed E-state index contributed by atoms with van der Waals surface area (Å²) in [7, 11) is 1.62. The second-order valence-corrected chi connectivity index (χ2v) is 5.84. The van der Waals surface area contributed by atoms with Gasteiger partial charge in [-0.1, -0.05) is 11.3 Å². The summed E-state index contributed by atoms with van der Waals surface area (Å²) in [6, 6.07) is 5.69. The Labute approximate surface area is 131 Å². The van der Waals surface area contributed by atoms with Gasteiger partial charge in [0.1, 0.15) is 5.75 Å². The standard InChI is InChI=1S/C15H16N4O2S/c1-21-11-4-5-13-12(9-11)17-15(22-13)18-14(20)3-2-7-19-8-6-16-10-19/h4-6,8-10H,2-3,7H2,1H3,(H,17,18,20). The molecular weight excluding hydrogens is 300 g/mol. The van der Waals surface area contributed by atoms with E-state index in [1.54, 1.807) is 19.6 Å². The Morgan fingerprint density at radius 3 is 3.14 bits per heavy atom. The van der Waals surface area contributed by atoms with Crippen molar-refractivity contribution < 1.29 is 9.53 Å². The number of aryl methyl sites for hydroxylation is 1. The third kappa shape index (κ3) is 3.43. The molecule has 0 saturated heterocycles. The van der Waals surface area contributed by atoms with Crippen molar-refractivity contribution in [3.8, 4) is 5.75 Å². The maximum Gasteiger partial charge on any atom is 0.226 e.